The van der Waals surface area contributed by atoms with Crippen LogP contribution in [0.25, 0.3) is 38.4 Å². The average Bonchev–Trinajstić information content (AvgIpc) is 3.11. The molecule has 0 radical (unpaired) electrons. The van der Waals surface area contributed by atoms with Crippen molar-refractivity contribution in [3.8, 4) is 11.1 Å². The van der Waals surface area contributed by atoms with Crippen LogP contribution < -0.4 is 10.6 Å². The molecule has 0 aromatic heterocycles. The molecule has 212 valence electrons. The van der Waals surface area contributed by atoms with Crippen LogP contribution >= 0.6 is 0 Å². The van der Waals surface area contributed by atoms with Gasteiger partial charge in [-0.25, -0.2) is 0 Å². The van der Waals surface area contributed by atoms with E-state index in [9.17, 15) is 0 Å². The van der Waals surface area contributed by atoms with Crippen LogP contribution in [0.4, 0.5) is 0 Å². The number of nitrogens with zero attached hydrogens (tertiary/aromatic N) is 1. The van der Waals surface area contributed by atoms with Gasteiger partial charge in [-0.15, -0.1) is 0 Å². The Labute approximate surface area is 258 Å². The highest BCUT2D eigenvalue weighted by atomic mass is 15.1. The van der Waals surface area contributed by atoms with Gasteiger partial charge in [-0.3, -0.25) is 4.99 Å². The molecule has 0 saturated carbocycles. The van der Waals surface area contributed by atoms with E-state index < -0.39 is 0 Å². The summed E-state index contributed by atoms with van der Waals surface area (Å²) >= 11 is 0. The number of aliphatic imine (C=N–C) groups is 1. The van der Waals surface area contributed by atoms with E-state index in [4.69, 9.17) is 4.99 Å². The number of hydrogen-bond donors (Lipinski definition) is 2. The van der Waals surface area contributed by atoms with Crippen molar-refractivity contribution in [2.24, 2.45) is 10.9 Å². The van der Waals surface area contributed by atoms with E-state index in [2.05, 4.69) is 162 Å². The second-order valence-corrected chi connectivity index (χ2v) is 11.6. The number of rotatable bonds is 5. The smallest absolute Gasteiger partial charge is 0.145 e. The van der Waals surface area contributed by atoms with Crippen molar-refractivity contribution in [2.75, 3.05) is 6.54 Å². The lowest BCUT2D eigenvalue weighted by molar-refractivity contribution is 0.559. The van der Waals surface area contributed by atoms with Crippen molar-refractivity contribution in [2.45, 2.75) is 12.6 Å². The minimum absolute atomic E-state index is 0.232. The molecule has 3 heteroatoms. The van der Waals surface area contributed by atoms with Gasteiger partial charge in [0.05, 0.1) is 5.71 Å². The quantitative estimate of drug-likeness (QED) is 0.208. The number of dihydropyridines is 1. The Balaban J connectivity index is 1.34. The number of hydrogen-bond acceptors (Lipinski definition) is 3. The molecule has 0 saturated heterocycles. The molecule has 3 aliphatic rings. The summed E-state index contributed by atoms with van der Waals surface area (Å²) in [6, 6.07) is 37.3. The van der Waals surface area contributed by atoms with E-state index in [1.807, 2.05) is 0 Å². The molecule has 5 aromatic carbocycles. The van der Waals surface area contributed by atoms with Crippen molar-refractivity contribution in [1.82, 2.24) is 10.6 Å². The van der Waals surface area contributed by atoms with Crippen LogP contribution in [0.15, 0.2) is 162 Å². The maximum absolute atomic E-state index is 5.35. The van der Waals surface area contributed by atoms with Gasteiger partial charge in [0.15, 0.2) is 0 Å². The fourth-order valence-corrected chi connectivity index (χ4v) is 6.60. The van der Waals surface area contributed by atoms with E-state index in [1.165, 1.54) is 38.4 Å². The van der Waals surface area contributed by atoms with Crippen LogP contribution in [0.3, 0.4) is 0 Å². The Hall–Kier alpha value is -5.41. The summed E-state index contributed by atoms with van der Waals surface area (Å²) in [6.07, 6.45) is 18.3. The first-order valence-corrected chi connectivity index (χ1v) is 15.4. The van der Waals surface area contributed by atoms with Gasteiger partial charge in [0.1, 0.15) is 6.17 Å². The number of nitrogens with one attached hydrogen (secondary N) is 2. The van der Waals surface area contributed by atoms with E-state index in [1.54, 1.807) is 0 Å². The van der Waals surface area contributed by atoms with Crippen molar-refractivity contribution in [3.05, 3.63) is 174 Å². The first-order chi connectivity index (χ1) is 21.8. The Bertz CT molecular complexity index is 2020. The fourth-order valence-electron chi connectivity index (χ4n) is 6.60. The van der Waals surface area contributed by atoms with Crippen LogP contribution in [-0.4, -0.2) is 12.3 Å². The van der Waals surface area contributed by atoms with Gasteiger partial charge in [0.25, 0.3) is 0 Å². The van der Waals surface area contributed by atoms with Gasteiger partial charge < -0.3 is 10.6 Å². The first-order valence-electron chi connectivity index (χ1n) is 15.4. The van der Waals surface area contributed by atoms with Gasteiger partial charge in [-0.1, -0.05) is 115 Å². The van der Waals surface area contributed by atoms with Crippen molar-refractivity contribution in [1.29, 1.82) is 0 Å². The van der Waals surface area contributed by atoms with Gasteiger partial charge in [0, 0.05) is 23.9 Å². The largest absolute Gasteiger partial charge is 0.381 e. The average molecular weight is 568 g/mol. The summed E-state index contributed by atoms with van der Waals surface area (Å²) < 4.78 is 0. The first kappa shape index (κ1) is 26.2. The van der Waals surface area contributed by atoms with Gasteiger partial charge in [0.2, 0.25) is 0 Å². The number of fused-ring (bicyclic) bond motifs is 2. The van der Waals surface area contributed by atoms with Crippen molar-refractivity contribution < 1.29 is 0 Å². The topological polar surface area (TPSA) is 36.4 Å². The minimum atomic E-state index is -0.232. The molecule has 2 atom stereocenters. The Morgan fingerprint density at radius 2 is 1.41 bits per heavy atom. The fraction of sp³-hybridized carbons (Fsp3) is 0.0976. The summed E-state index contributed by atoms with van der Waals surface area (Å²) in [5, 5.41) is 12.5. The monoisotopic (exact) mass is 567 g/mol. The lowest BCUT2D eigenvalue weighted by Gasteiger charge is -2.29. The van der Waals surface area contributed by atoms with Gasteiger partial charge >= 0.3 is 0 Å². The highest BCUT2D eigenvalue weighted by molar-refractivity contribution is 6.13. The van der Waals surface area contributed by atoms with E-state index >= 15 is 0 Å². The molecule has 2 unspecified atom stereocenters. The molecule has 0 spiro atoms. The standard InChI is InChI=1S/C41H33N3/c1-3-13-28(14-4-1)38-27-39(29-15-5-2-6-16-29)44-41(43-38)34-25-32(37-21-11-12-22-42-37)24-33(26-34)40-35-19-9-7-17-30(35)23-31-18-8-10-20-36(31)40/h1-15,17-21,23-27,29,41-42,44H,16,22H2. The molecule has 44 heavy (non-hydrogen) atoms. The molecule has 2 aliphatic heterocycles. The number of allylic oxidation sites excluding steroid dienone is 7. The van der Waals surface area contributed by atoms with E-state index in [0.717, 1.165) is 41.1 Å². The second-order valence-electron chi connectivity index (χ2n) is 11.6. The summed E-state index contributed by atoms with van der Waals surface area (Å²) in [5.41, 5.74) is 9.21. The molecule has 5 aromatic rings. The Morgan fingerprint density at radius 3 is 2.14 bits per heavy atom. The second kappa shape index (κ2) is 11.3. The molecular weight excluding hydrogens is 534 g/mol. The van der Waals surface area contributed by atoms with E-state index in [0.29, 0.717) is 0 Å². The van der Waals surface area contributed by atoms with Crippen LogP contribution in [0.1, 0.15) is 29.3 Å². The third-order valence-corrected chi connectivity index (χ3v) is 8.76. The van der Waals surface area contributed by atoms with Gasteiger partial charge in [-0.05, 0) is 92.2 Å². The molecular formula is C41H33N3. The zero-order chi connectivity index (χ0) is 29.3. The maximum Gasteiger partial charge on any atom is 0.145 e. The summed E-state index contributed by atoms with van der Waals surface area (Å²) in [7, 11) is 0. The Kier molecular flexibility index (Phi) is 6.77. The van der Waals surface area contributed by atoms with Crippen LogP contribution in [0, 0.1) is 5.92 Å². The zero-order valence-corrected chi connectivity index (χ0v) is 24.4. The molecule has 0 fully saturated rings. The minimum Gasteiger partial charge on any atom is -0.381 e. The maximum atomic E-state index is 5.35. The third kappa shape index (κ3) is 4.97. The van der Waals surface area contributed by atoms with E-state index in [-0.39, 0.29) is 12.1 Å². The molecule has 1 aliphatic carbocycles. The molecule has 2 heterocycles. The normalized spacial score (nSPS) is 19.2. The highest BCUT2D eigenvalue weighted by Crippen LogP contribution is 2.39. The molecule has 0 bridgehead atoms. The molecule has 8 rings (SSSR count). The van der Waals surface area contributed by atoms with Crippen LogP contribution in [-0.2, 0) is 0 Å². The molecule has 3 nitrogen and oxygen atoms in total. The van der Waals surface area contributed by atoms with Crippen molar-refractivity contribution >= 4 is 33.0 Å². The summed E-state index contributed by atoms with van der Waals surface area (Å²) in [5.74, 6) is 0.286. The van der Waals surface area contributed by atoms with Gasteiger partial charge in [-0.2, -0.15) is 0 Å². The van der Waals surface area contributed by atoms with Crippen LogP contribution in [0.5, 0.6) is 0 Å². The Morgan fingerprint density at radius 1 is 0.659 bits per heavy atom. The predicted octanol–water partition coefficient (Wildman–Crippen LogP) is 9.27. The molecule has 0 amide bonds. The van der Waals surface area contributed by atoms with Crippen molar-refractivity contribution in [3.63, 3.8) is 0 Å². The summed E-state index contributed by atoms with van der Waals surface area (Å²) in [4.78, 5) is 5.35. The summed E-state index contributed by atoms with van der Waals surface area (Å²) in [6.45, 7) is 0.814. The lowest BCUT2D eigenvalue weighted by atomic mass is 9.89. The number of benzene rings is 5. The molecule has 2 N–H and O–H groups in total. The predicted molar refractivity (Wildman–Crippen MR) is 185 cm³/mol. The zero-order valence-electron chi connectivity index (χ0n) is 24.4. The SMILES string of the molecule is C1=CCNC(c2cc(-c3c4ccccc4cc4ccccc34)cc(C3N=C(c4ccccc4)C=C(C4C=CC=CC4)N3)c2)=C1. The lowest BCUT2D eigenvalue weighted by Crippen LogP contribution is -2.29. The third-order valence-electron chi connectivity index (χ3n) is 8.76. The van der Waals surface area contributed by atoms with Crippen LogP contribution in [0.2, 0.25) is 0 Å². The highest BCUT2D eigenvalue weighted by Gasteiger charge is 2.24.